The Morgan fingerprint density at radius 1 is 1.00 bits per heavy atom. The van der Waals surface area contributed by atoms with Crippen molar-refractivity contribution in [3.8, 4) is 0 Å². The maximum Gasteiger partial charge on any atom is 0.294 e. The number of halogens is 1. The number of carbonyl (C=O) groups excluding carboxylic acids is 3. The van der Waals surface area contributed by atoms with E-state index in [2.05, 4.69) is 9.88 Å². The molecule has 1 aromatic heterocycles. The minimum Gasteiger partial charge on any atom is -0.342 e. The molecule has 5 rings (SSSR count). The van der Waals surface area contributed by atoms with E-state index < -0.39 is 17.1 Å². The monoisotopic (exact) mass is 515 g/mol. The number of rotatable bonds is 6. The number of imide groups is 1. The zero-order valence-electron chi connectivity index (χ0n) is 19.4. The molecule has 8 heteroatoms. The van der Waals surface area contributed by atoms with E-state index in [0.29, 0.717) is 17.3 Å². The molecule has 36 heavy (non-hydrogen) atoms. The van der Waals surface area contributed by atoms with Crippen LogP contribution in [0, 0.1) is 6.92 Å². The maximum absolute atomic E-state index is 13.0. The zero-order chi connectivity index (χ0) is 25.2. The first-order chi connectivity index (χ1) is 17.4. The number of thioether (sulfide) groups is 1. The average molecular weight is 516 g/mol. The van der Waals surface area contributed by atoms with Crippen LogP contribution in [0.5, 0.6) is 0 Å². The van der Waals surface area contributed by atoms with Crippen molar-refractivity contribution in [2.75, 3.05) is 11.9 Å². The molecule has 2 heterocycles. The molecule has 1 aliphatic heterocycles. The standard InChI is InChI=1S/C28H22ClN3O3S/c1-18-6-12-22(13-7-18)30-26(33)17-32-27(34)25(36-28(32)35)14-20-16-31(24-5-3-2-4-23(20)24)15-19-8-10-21(29)11-9-19/h2-14,16H,15,17H2,1H3,(H,30,33)/b25-14-. The number of hydrogen-bond acceptors (Lipinski definition) is 4. The lowest BCUT2D eigenvalue weighted by molar-refractivity contribution is -0.127. The van der Waals surface area contributed by atoms with Crippen LogP contribution in [0.4, 0.5) is 10.5 Å². The molecule has 0 bridgehead atoms. The minimum absolute atomic E-state index is 0.289. The summed E-state index contributed by atoms with van der Waals surface area (Å²) in [5, 5.41) is 3.92. The van der Waals surface area contributed by atoms with Crippen LogP contribution in [0.1, 0.15) is 16.7 Å². The van der Waals surface area contributed by atoms with E-state index in [0.717, 1.165) is 44.3 Å². The van der Waals surface area contributed by atoms with E-state index in [1.54, 1.807) is 18.2 Å². The topological polar surface area (TPSA) is 71.4 Å². The quantitative estimate of drug-likeness (QED) is 0.305. The van der Waals surface area contributed by atoms with Crippen molar-refractivity contribution < 1.29 is 14.4 Å². The number of amides is 3. The maximum atomic E-state index is 13.0. The average Bonchev–Trinajstić information content (AvgIpc) is 3.34. The smallest absolute Gasteiger partial charge is 0.294 e. The highest BCUT2D eigenvalue weighted by Gasteiger charge is 2.36. The molecule has 3 amide bonds. The Bertz CT molecular complexity index is 1510. The van der Waals surface area contributed by atoms with Gasteiger partial charge in [0, 0.05) is 39.9 Å². The van der Waals surface area contributed by atoms with E-state index in [1.807, 2.05) is 73.8 Å². The van der Waals surface area contributed by atoms with Gasteiger partial charge in [-0.05, 0) is 60.7 Å². The van der Waals surface area contributed by atoms with Crippen LogP contribution in [0.15, 0.2) is 83.9 Å². The van der Waals surface area contributed by atoms with Gasteiger partial charge >= 0.3 is 0 Å². The van der Waals surface area contributed by atoms with Crippen molar-refractivity contribution in [1.29, 1.82) is 0 Å². The molecule has 3 aromatic carbocycles. The zero-order valence-corrected chi connectivity index (χ0v) is 21.0. The summed E-state index contributed by atoms with van der Waals surface area (Å²) in [6.45, 7) is 2.24. The van der Waals surface area contributed by atoms with Crippen LogP contribution in [-0.4, -0.2) is 33.1 Å². The molecule has 1 fully saturated rings. The van der Waals surface area contributed by atoms with Gasteiger partial charge in [-0.2, -0.15) is 0 Å². The fourth-order valence-electron chi connectivity index (χ4n) is 4.07. The summed E-state index contributed by atoms with van der Waals surface area (Å²) < 4.78 is 2.10. The van der Waals surface area contributed by atoms with Crippen LogP contribution < -0.4 is 5.32 Å². The molecule has 0 saturated carbocycles. The highest BCUT2D eigenvalue weighted by Crippen LogP contribution is 2.34. The largest absolute Gasteiger partial charge is 0.342 e. The predicted molar refractivity (Wildman–Crippen MR) is 145 cm³/mol. The van der Waals surface area contributed by atoms with E-state index in [-0.39, 0.29) is 11.4 Å². The summed E-state index contributed by atoms with van der Waals surface area (Å²) >= 11 is 6.86. The fourth-order valence-corrected chi connectivity index (χ4v) is 5.02. The Labute approximate surface area is 217 Å². The van der Waals surface area contributed by atoms with Crippen molar-refractivity contribution >= 4 is 63.1 Å². The minimum atomic E-state index is -0.474. The van der Waals surface area contributed by atoms with Gasteiger partial charge in [-0.25, -0.2) is 0 Å². The second-order valence-electron chi connectivity index (χ2n) is 8.54. The Hall–Kier alpha value is -3.81. The lowest BCUT2D eigenvalue weighted by atomic mass is 10.1. The molecule has 4 aromatic rings. The Morgan fingerprint density at radius 2 is 1.72 bits per heavy atom. The van der Waals surface area contributed by atoms with Gasteiger partial charge in [0.15, 0.2) is 0 Å². The summed E-state index contributed by atoms with van der Waals surface area (Å²) in [5.41, 5.74) is 4.61. The first-order valence-corrected chi connectivity index (χ1v) is 12.5. The van der Waals surface area contributed by atoms with Crippen molar-refractivity contribution in [1.82, 2.24) is 9.47 Å². The van der Waals surface area contributed by atoms with E-state index >= 15 is 0 Å². The van der Waals surface area contributed by atoms with Gasteiger partial charge < -0.3 is 9.88 Å². The van der Waals surface area contributed by atoms with Crippen molar-refractivity contribution in [3.05, 3.63) is 106 Å². The van der Waals surface area contributed by atoms with Gasteiger partial charge in [-0.3, -0.25) is 19.3 Å². The van der Waals surface area contributed by atoms with Crippen molar-refractivity contribution in [2.24, 2.45) is 0 Å². The number of para-hydroxylation sites is 1. The molecule has 1 saturated heterocycles. The van der Waals surface area contributed by atoms with Gasteiger partial charge in [0.1, 0.15) is 6.54 Å². The molecule has 1 N–H and O–H groups in total. The molecule has 0 unspecified atom stereocenters. The van der Waals surface area contributed by atoms with Gasteiger partial charge in [-0.1, -0.05) is 59.6 Å². The second-order valence-corrected chi connectivity index (χ2v) is 9.97. The number of carbonyl (C=O) groups is 3. The first-order valence-electron chi connectivity index (χ1n) is 11.3. The lowest BCUT2D eigenvalue weighted by Crippen LogP contribution is -2.36. The molecule has 1 aliphatic rings. The normalized spacial score (nSPS) is 14.7. The summed E-state index contributed by atoms with van der Waals surface area (Å²) in [6, 6.07) is 22.9. The van der Waals surface area contributed by atoms with E-state index in [1.165, 1.54) is 0 Å². The van der Waals surface area contributed by atoms with E-state index in [9.17, 15) is 14.4 Å². The molecule has 0 radical (unpaired) electrons. The van der Waals surface area contributed by atoms with Crippen molar-refractivity contribution in [2.45, 2.75) is 13.5 Å². The Morgan fingerprint density at radius 3 is 2.47 bits per heavy atom. The predicted octanol–water partition coefficient (Wildman–Crippen LogP) is 6.33. The first kappa shape index (κ1) is 23.9. The number of fused-ring (bicyclic) bond motifs is 1. The third kappa shape index (κ3) is 5.08. The number of nitrogens with one attached hydrogen (secondary N) is 1. The molecule has 0 spiro atoms. The number of aromatic nitrogens is 1. The second kappa shape index (κ2) is 10.0. The fraction of sp³-hybridized carbons (Fsp3) is 0.107. The molecule has 0 atom stereocenters. The molecular weight excluding hydrogens is 494 g/mol. The Balaban J connectivity index is 1.36. The van der Waals surface area contributed by atoms with Crippen LogP contribution in [0.3, 0.4) is 0 Å². The number of nitrogens with zero attached hydrogens (tertiary/aromatic N) is 2. The lowest BCUT2D eigenvalue weighted by Gasteiger charge is -2.12. The Kier molecular flexibility index (Phi) is 6.67. The van der Waals surface area contributed by atoms with Gasteiger partial charge in [0.05, 0.1) is 4.91 Å². The van der Waals surface area contributed by atoms with Crippen molar-refractivity contribution in [3.63, 3.8) is 0 Å². The highest BCUT2D eigenvalue weighted by atomic mass is 35.5. The molecule has 0 aliphatic carbocycles. The third-order valence-electron chi connectivity index (χ3n) is 5.88. The molecule has 180 valence electrons. The summed E-state index contributed by atoms with van der Waals surface area (Å²) in [7, 11) is 0. The number of aryl methyl sites for hydroxylation is 1. The molecular formula is C28H22ClN3O3S. The van der Waals surface area contributed by atoms with E-state index in [4.69, 9.17) is 11.6 Å². The van der Waals surface area contributed by atoms with Crippen LogP contribution in [0.25, 0.3) is 17.0 Å². The number of hydrogen-bond donors (Lipinski definition) is 1. The van der Waals surface area contributed by atoms with Crippen LogP contribution in [-0.2, 0) is 16.1 Å². The summed E-state index contributed by atoms with van der Waals surface area (Å²) in [4.78, 5) is 39.4. The van der Waals surface area contributed by atoms with Gasteiger partial charge in [0.25, 0.3) is 11.1 Å². The SMILES string of the molecule is Cc1ccc(NC(=O)CN2C(=O)S/C(=C\c3cn(Cc4ccc(Cl)cc4)c4ccccc34)C2=O)cc1. The third-order valence-corrected chi connectivity index (χ3v) is 7.04. The van der Waals surface area contributed by atoms with Gasteiger partial charge in [-0.15, -0.1) is 0 Å². The molecule has 6 nitrogen and oxygen atoms in total. The number of benzene rings is 3. The van der Waals surface area contributed by atoms with Crippen LogP contribution in [0.2, 0.25) is 5.02 Å². The van der Waals surface area contributed by atoms with Gasteiger partial charge in [0.2, 0.25) is 5.91 Å². The van der Waals surface area contributed by atoms with Crippen LogP contribution >= 0.6 is 23.4 Å². The summed E-state index contributed by atoms with van der Waals surface area (Å²) in [6.07, 6.45) is 3.70. The highest BCUT2D eigenvalue weighted by molar-refractivity contribution is 8.18. The number of anilines is 1. The summed E-state index contributed by atoms with van der Waals surface area (Å²) in [5.74, 6) is -0.902.